The fourth-order valence-corrected chi connectivity index (χ4v) is 4.85. The molecule has 2 aliphatic rings. The van der Waals surface area contributed by atoms with E-state index in [9.17, 15) is 19.2 Å². The monoisotopic (exact) mass is 520 g/mol. The van der Waals surface area contributed by atoms with Crippen molar-refractivity contribution >= 4 is 40.4 Å². The van der Waals surface area contributed by atoms with E-state index in [-0.39, 0.29) is 36.4 Å². The summed E-state index contributed by atoms with van der Waals surface area (Å²) in [5, 5.41) is 6.05. The van der Waals surface area contributed by atoms with Crippen molar-refractivity contribution in [2.75, 3.05) is 6.54 Å². The van der Waals surface area contributed by atoms with Crippen LogP contribution in [0.3, 0.4) is 0 Å². The number of Topliss-reactive ketones (excluding diaryl/α,β-unsaturated/α-hetero) is 1. The molecule has 0 unspecified atom stereocenters. The number of carbonyl (C=O) groups is 4. The number of nitrogens with one attached hydrogen (secondary N) is 2. The predicted molar refractivity (Wildman–Crippen MR) is 143 cm³/mol. The Hall–Kier alpha value is -3.59. The van der Waals surface area contributed by atoms with Crippen molar-refractivity contribution in [1.82, 2.24) is 20.7 Å². The van der Waals surface area contributed by atoms with Crippen molar-refractivity contribution in [2.45, 2.75) is 71.6 Å². The smallest absolute Gasteiger partial charge is 0.325 e. The predicted octanol–water partition coefficient (Wildman–Crippen LogP) is 3.49. The molecule has 2 amide bonds. The van der Waals surface area contributed by atoms with E-state index in [2.05, 4.69) is 15.7 Å². The Morgan fingerprint density at radius 1 is 1.08 bits per heavy atom. The van der Waals surface area contributed by atoms with Gasteiger partial charge in [0.05, 0.1) is 5.69 Å². The second-order valence-electron chi connectivity index (χ2n) is 10.5. The van der Waals surface area contributed by atoms with Crippen LogP contribution in [-0.4, -0.2) is 52.2 Å². The molecule has 9 nitrogen and oxygen atoms in total. The molecule has 1 fully saturated rings. The number of aromatic nitrogens is 1. The highest BCUT2D eigenvalue weighted by Crippen LogP contribution is 2.25. The Bertz CT molecular complexity index is 1260. The Kier molecular flexibility index (Phi) is 8.56. The van der Waals surface area contributed by atoms with Crippen LogP contribution in [-0.2, 0) is 23.9 Å². The third-order valence-corrected chi connectivity index (χ3v) is 7.22. The Morgan fingerprint density at radius 3 is 2.63 bits per heavy atom. The number of hydrazine groups is 1. The molecular formula is C29H36N4O5. The number of nitrogens with zero attached hydrogens (tertiary/aromatic N) is 2. The molecule has 2 aromatic rings. The number of esters is 1. The molecule has 1 aromatic heterocycles. The van der Waals surface area contributed by atoms with Gasteiger partial charge >= 0.3 is 5.97 Å². The minimum atomic E-state index is -0.821. The van der Waals surface area contributed by atoms with Crippen LogP contribution in [0.2, 0.25) is 0 Å². The lowest BCUT2D eigenvalue weighted by molar-refractivity contribution is -0.157. The molecule has 2 aliphatic heterocycles. The quantitative estimate of drug-likeness (QED) is 0.553. The van der Waals surface area contributed by atoms with E-state index >= 15 is 0 Å². The fourth-order valence-electron chi connectivity index (χ4n) is 4.85. The van der Waals surface area contributed by atoms with Crippen LogP contribution in [0.25, 0.3) is 16.8 Å². The first-order valence-electron chi connectivity index (χ1n) is 13.3. The van der Waals surface area contributed by atoms with Gasteiger partial charge in [0.1, 0.15) is 24.0 Å². The van der Waals surface area contributed by atoms with E-state index in [0.29, 0.717) is 25.1 Å². The third-order valence-electron chi connectivity index (χ3n) is 7.22. The van der Waals surface area contributed by atoms with Crippen LogP contribution in [0.1, 0.15) is 70.7 Å². The van der Waals surface area contributed by atoms with E-state index in [1.807, 2.05) is 45.0 Å². The highest BCUT2D eigenvalue weighted by Gasteiger charge is 2.33. The summed E-state index contributed by atoms with van der Waals surface area (Å²) in [6.45, 7) is 7.62. The zero-order valence-corrected chi connectivity index (χ0v) is 22.4. The van der Waals surface area contributed by atoms with E-state index < -0.39 is 30.1 Å². The molecular weight excluding hydrogens is 484 g/mol. The maximum atomic E-state index is 13.1. The highest BCUT2D eigenvalue weighted by atomic mass is 16.5. The number of allylic oxidation sites excluding steroid dienone is 1. The minimum absolute atomic E-state index is 0.0620. The van der Waals surface area contributed by atoms with E-state index in [1.54, 1.807) is 25.3 Å². The summed E-state index contributed by atoms with van der Waals surface area (Å²) < 4.78 is 5.77. The molecule has 0 saturated carbocycles. The average molecular weight is 521 g/mol. The molecule has 0 aliphatic carbocycles. The number of rotatable bonds is 1. The summed E-state index contributed by atoms with van der Waals surface area (Å²) in [6, 6.07) is 6.24. The number of ketones is 1. The SMILES string of the molecule is CC(C)[C@@H]1CC(=O)C/C=C\c2cc3cc(ccc3cn2)[C@@H](C)OC(=O)[C@@H]2CCCN(N2)C(=O)[C@H](C)NC1=O. The standard InChI is InChI=1S/C29H36N4O5/c1-17(2)25-15-24(34)8-5-7-23-14-22-13-20(10-11-21(22)16-30-23)19(4)38-29(37)26-9-6-12-33(32-26)28(36)18(3)31-27(25)35/h5,7,10-11,13-14,16-19,25-26,32H,6,8-9,12,15H2,1-4H3,(H,31,35)/b7-5-/t18-,19+,25-,26-/m0/s1. The lowest BCUT2D eigenvalue weighted by Gasteiger charge is -2.35. The van der Waals surface area contributed by atoms with Crippen molar-refractivity contribution in [3.63, 3.8) is 0 Å². The van der Waals surface area contributed by atoms with Gasteiger partial charge in [0.2, 0.25) is 5.91 Å². The molecule has 4 atom stereocenters. The van der Waals surface area contributed by atoms with Crippen molar-refractivity contribution in [2.24, 2.45) is 11.8 Å². The van der Waals surface area contributed by atoms with E-state index in [4.69, 9.17) is 4.74 Å². The van der Waals surface area contributed by atoms with Gasteiger partial charge in [0.25, 0.3) is 5.91 Å². The number of amides is 2. The summed E-state index contributed by atoms with van der Waals surface area (Å²) >= 11 is 0. The van der Waals surface area contributed by atoms with Gasteiger partial charge in [-0.15, -0.1) is 0 Å². The Morgan fingerprint density at radius 2 is 1.87 bits per heavy atom. The number of hydrogen-bond donors (Lipinski definition) is 2. The lowest BCUT2D eigenvalue weighted by atomic mass is 9.89. The molecule has 4 rings (SSSR count). The lowest BCUT2D eigenvalue weighted by Crippen LogP contribution is -2.59. The average Bonchev–Trinajstić information content (AvgIpc) is 2.90. The fraction of sp³-hybridized carbons (Fsp3) is 0.483. The van der Waals surface area contributed by atoms with Crippen LogP contribution in [0.15, 0.2) is 36.5 Å². The molecule has 38 heavy (non-hydrogen) atoms. The van der Waals surface area contributed by atoms with Crippen molar-refractivity contribution in [1.29, 1.82) is 0 Å². The maximum Gasteiger partial charge on any atom is 0.325 e. The van der Waals surface area contributed by atoms with Gasteiger partial charge in [-0.1, -0.05) is 32.1 Å². The number of ether oxygens (including phenoxy) is 1. The molecule has 2 N–H and O–H groups in total. The number of cyclic esters (lactones) is 1. The molecule has 9 heteroatoms. The van der Waals surface area contributed by atoms with Gasteiger partial charge in [-0.2, -0.15) is 0 Å². The molecule has 202 valence electrons. The van der Waals surface area contributed by atoms with Crippen LogP contribution >= 0.6 is 0 Å². The number of benzene rings is 1. The van der Waals surface area contributed by atoms with Crippen molar-refractivity contribution < 1.29 is 23.9 Å². The second-order valence-corrected chi connectivity index (χ2v) is 10.5. The summed E-state index contributed by atoms with van der Waals surface area (Å²) in [5.41, 5.74) is 4.53. The second kappa shape index (κ2) is 11.9. The van der Waals surface area contributed by atoms with Gasteiger partial charge < -0.3 is 10.1 Å². The number of hydrogen-bond acceptors (Lipinski definition) is 7. The first-order valence-corrected chi connectivity index (χ1v) is 13.3. The van der Waals surface area contributed by atoms with Gasteiger partial charge in [-0.3, -0.25) is 29.2 Å². The number of pyridine rings is 1. The van der Waals surface area contributed by atoms with Gasteiger partial charge in [0, 0.05) is 36.9 Å². The Balaban J connectivity index is 1.64. The normalized spacial score (nSPS) is 26.8. The molecule has 0 spiro atoms. The summed E-state index contributed by atoms with van der Waals surface area (Å²) in [5.74, 6) is -1.82. The van der Waals surface area contributed by atoms with Gasteiger partial charge in [-0.05, 0) is 61.8 Å². The topological polar surface area (TPSA) is 118 Å². The first kappa shape index (κ1) is 27.4. The maximum absolute atomic E-state index is 13.1. The molecule has 3 heterocycles. The van der Waals surface area contributed by atoms with Crippen LogP contribution in [0.5, 0.6) is 0 Å². The van der Waals surface area contributed by atoms with Crippen LogP contribution in [0, 0.1) is 11.8 Å². The summed E-state index contributed by atoms with van der Waals surface area (Å²) in [7, 11) is 0. The van der Waals surface area contributed by atoms with Gasteiger partial charge in [-0.25, -0.2) is 5.43 Å². The number of carbonyl (C=O) groups excluding carboxylic acids is 4. The van der Waals surface area contributed by atoms with Crippen molar-refractivity contribution in [3.8, 4) is 0 Å². The van der Waals surface area contributed by atoms with Crippen molar-refractivity contribution in [3.05, 3.63) is 47.8 Å². The minimum Gasteiger partial charge on any atom is -0.457 e. The summed E-state index contributed by atoms with van der Waals surface area (Å²) in [6.07, 6.45) is 6.24. The largest absolute Gasteiger partial charge is 0.457 e. The summed E-state index contributed by atoms with van der Waals surface area (Å²) in [4.78, 5) is 56.4. The molecule has 0 radical (unpaired) electrons. The van der Waals surface area contributed by atoms with Crippen LogP contribution < -0.4 is 10.7 Å². The zero-order chi connectivity index (χ0) is 27.4. The number of fused-ring (bicyclic) bond motifs is 4. The van der Waals surface area contributed by atoms with E-state index in [0.717, 1.165) is 16.3 Å². The van der Waals surface area contributed by atoms with E-state index in [1.165, 1.54) is 5.01 Å². The van der Waals surface area contributed by atoms with Crippen LogP contribution in [0.4, 0.5) is 0 Å². The van der Waals surface area contributed by atoms with Gasteiger partial charge in [0.15, 0.2) is 0 Å². The molecule has 1 aromatic carbocycles. The molecule has 5 bridgehead atoms. The molecule has 1 saturated heterocycles. The Labute approximate surface area is 223 Å². The highest BCUT2D eigenvalue weighted by molar-refractivity contribution is 5.92. The first-order chi connectivity index (χ1) is 18.1. The zero-order valence-electron chi connectivity index (χ0n) is 22.4. The third kappa shape index (κ3) is 6.45.